The van der Waals surface area contributed by atoms with Crippen molar-refractivity contribution in [3.8, 4) is 0 Å². The standard InChI is InChI=1S/C22H28N4O4S/c1-17-4-3-5-18(16-17)22(28)23-11-10-21(27)24-19-6-8-20(9-7-19)31(29,30)26-14-12-25(2)13-15-26/h3-9,16H,10-15H2,1-2H3,(H,23,28)(H,24,27). The molecule has 0 bridgehead atoms. The molecule has 31 heavy (non-hydrogen) atoms. The van der Waals surface area contributed by atoms with Crippen LogP contribution in [0.3, 0.4) is 0 Å². The number of hydrogen-bond donors (Lipinski definition) is 2. The number of aryl methyl sites for hydroxylation is 1. The summed E-state index contributed by atoms with van der Waals surface area (Å²) >= 11 is 0. The van der Waals surface area contributed by atoms with Crippen LogP contribution in [0.1, 0.15) is 22.3 Å². The summed E-state index contributed by atoms with van der Waals surface area (Å²) in [6.07, 6.45) is 0.110. The van der Waals surface area contributed by atoms with E-state index < -0.39 is 10.0 Å². The Bertz CT molecular complexity index is 1030. The highest BCUT2D eigenvalue weighted by Crippen LogP contribution is 2.19. The maximum Gasteiger partial charge on any atom is 0.251 e. The van der Waals surface area contributed by atoms with E-state index in [-0.39, 0.29) is 29.7 Å². The van der Waals surface area contributed by atoms with E-state index in [1.807, 2.05) is 26.1 Å². The van der Waals surface area contributed by atoms with Crippen LogP contribution in [-0.4, -0.2) is 69.2 Å². The van der Waals surface area contributed by atoms with E-state index in [1.165, 1.54) is 16.4 Å². The molecule has 1 saturated heterocycles. The number of piperazine rings is 1. The number of amides is 2. The minimum Gasteiger partial charge on any atom is -0.352 e. The largest absolute Gasteiger partial charge is 0.352 e. The number of rotatable bonds is 7. The van der Waals surface area contributed by atoms with Crippen molar-refractivity contribution >= 4 is 27.5 Å². The molecule has 166 valence electrons. The van der Waals surface area contributed by atoms with Gasteiger partial charge in [0.05, 0.1) is 4.90 Å². The summed E-state index contributed by atoms with van der Waals surface area (Å²) in [6, 6.07) is 13.4. The van der Waals surface area contributed by atoms with Gasteiger partial charge in [0.1, 0.15) is 0 Å². The van der Waals surface area contributed by atoms with Crippen LogP contribution in [0.2, 0.25) is 0 Å². The molecule has 0 radical (unpaired) electrons. The summed E-state index contributed by atoms with van der Waals surface area (Å²) in [4.78, 5) is 26.6. The molecular weight excluding hydrogens is 416 g/mol. The number of hydrogen-bond acceptors (Lipinski definition) is 5. The lowest BCUT2D eigenvalue weighted by Gasteiger charge is -2.31. The van der Waals surface area contributed by atoms with Gasteiger partial charge in [-0.25, -0.2) is 8.42 Å². The van der Waals surface area contributed by atoms with Crippen molar-refractivity contribution in [3.63, 3.8) is 0 Å². The Morgan fingerprint density at radius 2 is 1.68 bits per heavy atom. The van der Waals surface area contributed by atoms with Crippen LogP contribution in [0.15, 0.2) is 53.4 Å². The Hall–Kier alpha value is -2.75. The highest BCUT2D eigenvalue weighted by atomic mass is 32.2. The first-order valence-corrected chi connectivity index (χ1v) is 11.6. The van der Waals surface area contributed by atoms with Crippen LogP contribution >= 0.6 is 0 Å². The van der Waals surface area contributed by atoms with Gasteiger partial charge in [-0.2, -0.15) is 4.31 Å². The Kier molecular flexibility index (Phi) is 7.42. The fourth-order valence-electron chi connectivity index (χ4n) is 3.29. The third kappa shape index (κ3) is 6.13. The van der Waals surface area contributed by atoms with Gasteiger partial charge in [0.2, 0.25) is 15.9 Å². The van der Waals surface area contributed by atoms with E-state index in [0.29, 0.717) is 37.4 Å². The molecule has 0 unspecified atom stereocenters. The lowest BCUT2D eigenvalue weighted by atomic mass is 10.1. The second-order valence-electron chi connectivity index (χ2n) is 7.66. The van der Waals surface area contributed by atoms with E-state index in [9.17, 15) is 18.0 Å². The molecule has 1 fully saturated rings. The Labute approximate surface area is 183 Å². The first-order valence-electron chi connectivity index (χ1n) is 10.2. The summed E-state index contributed by atoms with van der Waals surface area (Å²) in [5.74, 6) is -0.491. The maximum absolute atomic E-state index is 12.8. The summed E-state index contributed by atoms with van der Waals surface area (Å²) in [6.45, 7) is 4.44. The number of benzene rings is 2. The predicted octanol–water partition coefficient (Wildman–Crippen LogP) is 1.69. The number of nitrogens with one attached hydrogen (secondary N) is 2. The molecule has 2 aromatic carbocycles. The molecule has 3 rings (SSSR count). The molecule has 2 amide bonds. The van der Waals surface area contributed by atoms with Gasteiger partial charge in [0.25, 0.3) is 5.91 Å². The molecule has 0 atom stereocenters. The second-order valence-corrected chi connectivity index (χ2v) is 9.59. The third-order valence-corrected chi connectivity index (χ3v) is 7.07. The molecule has 2 N–H and O–H groups in total. The van der Waals surface area contributed by atoms with Crippen molar-refractivity contribution in [2.45, 2.75) is 18.2 Å². The van der Waals surface area contributed by atoms with Crippen LogP contribution in [0.5, 0.6) is 0 Å². The molecule has 1 aliphatic heterocycles. The van der Waals surface area contributed by atoms with E-state index in [4.69, 9.17) is 0 Å². The molecule has 0 spiro atoms. The fraction of sp³-hybridized carbons (Fsp3) is 0.364. The number of carbonyl (C=O) groups excluding carboxylic acids is 2. The van der Waals surface area contributed by atoms with Crippen molar-refractivity contribution in [2.24, 2.45) is 0 Å². The molecule has 1 aliphatic rings. The highest BCUT2D eigenvalue weighted by molar-refractivity contribution is 7.89. The van der Waals surface area contributed by atoms with Gasteiger partial charge in [-0.05, 0) is 50.4 Å². The Morgan fingerprint density at radius 3 is 2.32 bits per heavy atom. The number of likely N-dealkylation sites (N-methyl/N-ethyl adjacent to an activating group) is 1. The normalized spacial score (nSPS) is 15.4. The third-order valence-electron chi connectivity index (χ3n) is 5.16. The molecule has 2 aromatic rings. The van der Waals surface area contributed by atoms with Gasteiger partial charge in [-0.3, -0.25) is 9.59 Å². The van der Waals surface area contributed by atoms with Crippen LogP contribution in [-0.2, 0) is 14.8 Å². The van der Waals surface area contributed by atoms with Gasteiger partial charge >= 0.3 is 0 Å². The Balaban J connectivity index is 1.49. The molecule has 0 aliphatic carbocycles. The van der Waals surface area contributed by atoms with E-state index in [2.05, 4.69) is 15.5 Å². The van der Waals surface area contributed by atoms with E-state index >= 15 is 0 Å². The molecule has 8 nitrogen and oxygen atoms in total. The minimum atomic E-state index is -3.54. The average Bonchev–Trinajstić information content (AvgIpc) is 2.74. The lowest BCUT2D eigenvalue weighted by molar-refractivity contribution is -0.116. The Morgan fingerprint density at radius 1 is 1.00 bits per heavy atom. The van der Waals surface area contributed by atoms with E-state index in [1.54, 1.807) is 24.3 Å². The van der Waals surface area contributed by atoms with Crippen molar-refractivity contribution in [3.05, 3.63) is 59.7 Å². The zero-order valence-electron chi connectivity index (χ0n) is 17.8. The smallest absolute Gasteiger partial charge is 0.251 e. The molecule has 1 heterocycles. The van der Waals surface area contributed by atoms with Gasteiger partial charge in [-0.1, -0.05) is 17.7 Å². The van der Waals surface area contributed by atoms with Crippen molar-refractivity contribution in [1.29, 1.82) is 0 Å². The summed E-state index contributed by atoms with van der Waals surface area (Å²) in [7, 11) is -1.57. The first kappa shape index (κ1) is 22.9. The van der Waals surface area contributed by atoms with Crippen molar-refractivity contribution in [1.82, 2.24) is 14.5 Å². The van der Waals surface area contributed by atoms with Gasteiger partial charge < -0.3 is 15.5 Å². The summed E-state index contributed by atoms with van der Waals surface area (Å²) in [5.41, 5.74) is 2.05. The van der Waals surface area contributed by atoms with Crippen LogP contribution < -0.4 is 10.6 Å². The van der Waals surface area contributed by atoms with Crippen molar-refractivity contribution in [2.75, 3.05) is 45.1 Å². The summed E-state index contributed by atoms with van der Waals surface area (Å²) in [5, 5.41) is 5.45. The fourth-order valence-corrected chi connectivity index (χ4v) is 4.71. The maximum atomic E-state index is 12.8. The topological polar surface area (TPSA) is 98.8 Å². The monoisotopic (exact) mass is 444 g/mol. The SMILES string of the molecule is Cc1cccc(C(=O)NCCC(=O)Nc2ccc(S(=O)(=O)N3CCN(C)CC3)cc2)c1. The number of carbonyl (C=O) groups is 2. The van der Waals surface area contributed by atoms with Crippen LogP contribution in [0.4, 0.5) is 5.69 Å². The van der Waals surface area contributed by atoms with Gasteiger partial charge in [0.15, 0.2) is 0 Å². The van der Waals surface area contributed by atoms with Crippen molar-refractivity contribution < 1.29 is 18.0 Å². The molecule has 9 heteroatoms. The number of anilines is 1. The number of sulfonamides is 1. The van der Waals surface area contributed by atoms with Crippen LogP contribution in [0, 0.1) is 6.92 Å². The molecule has 0 aromatic heterocycles. The zero-order chi connectivity index (χ0) is 22.4. The molecule has 0 saturated carbocycles. The summed E-state index contributed by atoms with van der Waals surface area (Å²) < 4.78 is 27.0. The number of nitrogens with zero attached hydrogens (tertiary/aromatic N) is 2. The predicted molar refractivity (Wildman–Crippen MR) is 119 cm³/mol. The van der Waals surface area contributed by atoms with E-state index in [0.717, 1.165) is 5.56 Å². The first-order chi connectivity index (χ1) is 14.8. The highest BCUT2D eigenvalue weighted by Gasteiger charge is 2.27. The van der Waals surface area contributed by atoms with Gasteiger partial charge in [-0.15, -0.1) is 0 Å². The minimum absolute atomic E-state index is 0.110. The van der Waals surface area contributed by atoms with Crippen LogP contribution in [0.25, 0.3) is 0 Å². The zero-order valence-corrected chi connectivity index (χ0v) is 18.6. The molecular formula is C22H28N4O4S. The average molecular weight is 445 g/mol. The van der Waals surface area contributed by atoms with Gasteiger partial charge in [0, 0.05) is 50.4 Å². The second kappa shape index (κ2) is 10.0. The lowest BCUT2D eigenvalue weighted by Crippen LogP contribution is -2.46. The quantitative estimate of drug-likeness (QED) is 0.677.